The van der Waals surface area contributed by atoms with Gasteiger partial charge in [-0.05, 0) is 133 Å². The van der Waals surface area contributed by atoms with Crippen molar-refractivity contribution in [3.05, 3.63) is 211 Å². The molecule has 0 bridgehead atoms. The van der Waals surface area contributed by atoms with Crippen LogP contribution in [0.15, 0.2) is 205 Å². The van der Waals surface area contributed by atoms with Gasteiger partial charge in [0, 0.05) is 33.2 Å². The molecule has 270 valence electrons. The van der Waals surface area contributed by atoms with Gasteiger partial charge in [-0.3, -0.25) is 0 Å². The normalized spacial score (nSPS) is 12.9. The molecule has 2 nitrogen and oxygen atoms in total. The van der Waals surface area contributed by atoms with E-state index in [9.17, 15) is 0 Å². The summed E-state index contributed by atoms with van der Waals surface area (Å²) in [7, 11) is 0. The van der Waals surface area contributed by atoms with E-state index >= 15 is 0 Å². The van der Waals surface area contributed by atoms with Gasteiger partial charge in [-0.1, -0.05) is 147 Å². The van der Waals surface area contributed by atoms with Crippen LogP contribution in [0.1, 0.15) is 25.0 Å². The number of rotatable bonds is 6. The summed E-state index contributed by atoms with van der Waals surface area (Å²) < 4.78 is 6.20. The van der Waals surface area contributed by atoms with E-state index in [1.54, 1.807) is 0 Å². The maximum atomic E-state index is 6.20. The summed E-state index contributed by atoms with van der Waals surface area (Å²) in [6, 6.07) is 72.5. The molecule has 1 heterocycles. The lowest BCUT2D eigenvalue weighted by molar-refractivity contribution is 0.661. The van der Waals surface area contributed by atoms with Crippen LogP contribution in [0.5, 0.6) is 0 Å². The van der Waals surface area contributed by atoms with E-state index in [2.05, 4.69) is 207 Å². The van der Waals surface area contributed by atoms with Crippen molar-refractivity contribution in [3.63, 3.8) is 0 Å². The highest BCUT2D eigenvalue weighted by Crippen LogP contribution is 2.54. The summed E-state index contributed by atoms with van der Waals surface area (Å²) in [5.74, 6) is 0. The highest BCUT2D eigenvalue weighted by Gasteiger charge is 2.37. The van der Waals surface area contributed by atoms with Crippen molar-refractivity contribution in [3.8, 4) is 44.5 Å². The van der Waals surface area contributed by atoms with Gasteiger partial charge in [0.15, 0.2) is 0 Å². The first-order chi connectivity index (χ1) is 28.0. The highest BCUT2D eigenvalue weighted by molar-refractivity contribution is 6.11. The zero-order chi connectivity index (χ0) is 38.1. The Hall–Kier alpha value is -7.16. The van der Waals surface area contributed by atoms with E-state index in [0.717, 1.165) is 39.0 Å². The van der Waals surface area contributed by atoms with Crippen molar-refractivity contribution >= 4 is 49.8 Å². The Morgan fingerprint density at radius 3 is 1.60 bits per heavy atom. The molecule has 2 heteroatoms. The van der Waals surface area contributed by atoms with Crippen molar-refractivity contribution in [2.75, 3.05) is 4.90 Å². The number of nitrogens with zero attached hydrogens (tertiary/aromatic N) is 1. The van der Waals surface area contributed by atoms with Crippen LogP contribution in [0.3, 0.4) is 0 Å². The molecule has 1 aliphatic carbocycles. The summed E-state index contributed by atoms with van der Waals surface area (Å²) in [6.45, 7) is 4.77. The first kappa shape index (κ1) is 33.2. The molecule has 1 aliphatic rings. The molecule has 11 rings (SSSR count). The van der Waals surface area contributed by atoms with Crippen molar-refractivity contribution < 1.29 is 4.42 Å². The van der Waals surface area contributed by atoms with Crippen LogP contribution in [0.2, 0.25) is 0 Å². The fourth-order valence-electron chi connectivity index (χ4n) is 9.16. The Bertz CT molecular complexity index is 3120. The third kappa shape index (κ3) is 5.40. The van der Waals surface area contributed by atoms with Gasteiger partial charge in [0.2, 0.25) is 0 Å². The second-order valence-corrected chi connectivity index (χ2v) is 15.7. The molecular weight excluding hydrogens is 691 g/mol. The molecular formula is C55H39NO. The lowest BCUT2D eigenvalue weighted by Crippen LogP contribution is -2.15. The summed E-state index contributed by atoms with van der Waals surface area (Å²) in [4.78, 5) is 2.33. The summed E-state index contributed by atoms with van der Waals surface area (Å²) in [6.07, 6.45) is 0. The van der Waals surface area contributed by atoms with Crippen LogP contribution in [0, 0.1) is 0 Å². The van der Waals surface area contributed by atoms with Crippen LogP contribution in [0.4, 0.5) is 17.1 Å². The second-order valence-electron chi connectivity index (χ2n) is 15.7. The fourth-order valence-corrected chi connectivity index (χ4v) is 9.16. The minimum atomic E-state index is -0.193. The van der Waals surface area contributed by atoms with Gasteiger partial charge in [-0.15, -0.1) is 0 Å². The number of fused-ring (bicyclic) bond motifs is 8. The Morgan fingerprint density at radius 2 is 0.877 bits per heavy atom. The van der Waals surface area contributed by atoms with Crippen molar-refractivity contribution in [1.82, 2.24) is 0 Å². The molecule has 0 saturated carbocycles. The standard InChI is InChI=1S/C55H39NO/c1-55(2)50-34-39(38-23-29-43(30-24-38)56(41-15-7-4-8-16-41)42-27-21-37(22-28-42)36-13-5-3-6-14-36)25-31-47(50)54-46-19-10-9-17-44(46)48(35-51(54)55)40-26-32-53-49(33-40)45-18-11-12-20-52(45)57-53/h3-35H,1-2H3. The Balaban J connectivity index is 0.968. The average molecular weight is 730 g/mol. The molecule has 0 spiro atoms. The van der Waals surface area contributed by atoms with Gasteiger partial charge >= 0.3 is 0 Å². The minimum Gasteiger partial charge on any atom is -0.456 e. The fraction of sp³-hybridized carbons (Fsp3) is 0.0545. The van der Waals surface area contributed by atoms with E-state index in [1.807, 2.05) is 12.1 Å². The molecule has 10 aromatic rings. The first-order valence-electron chi connectivity index (χ1n) is 19.8. The molecule has 0 N–H and O–H groups in total. The molecule has 1 aromatic heterocycles. The zero-order valence-electron chi connectivity index (χ0n) is 31.9. The van der Waals surface area contributed by atoms with Crippen molar-refractivity contribution in [2.45, 2.75) is 19.3 Å². The van der Waals surface area contributed by atoms with Gasteiger partial charge in [0.25, 0.3) is 0 Å². The number of para-hydroxylation sites is 2. The number of hydrogen-bond donors (Lipinski definition) is 0. The monoisotopic (exact) mass is 729 g/mol. The van der Waals surface area contributed by atoms with Crippen LogP contribution < -0.4 is 4.90 Å². The predicted molar refractivity (Wildman–Crippen MR) is 240 cm³/mol. The van der Waals surface area contributed by atoms with Gasteiger partial charge in [-0.25, -0.2) is 0 Å². The molecule has 9 aromatic carbocycles. The third-order valence-corrected chi connectivity index (χ3v) is 12.1. The summed E-state index contributed by atoms with van der Waals surface area (Å²) in [5.41, 5.74) is 17.7. The molecule has 0 unspecified atom stereocenters. The van der Waals surface area contributed by atoms with Crippen LogP contribution >= 0.6 is 0 Å². The average Bonchev–Trinajstić information content (AvgIpc) is 3.75. The Labute approximate surface area is 332 Å². The van der Waals surface area contributed by atoms with Gasteiger partial charge in [0.05, 0.1) is 0 Å². The molecule has 0 radical (unpaired) electrons. The Morgan fingerprint density at radius 1 is 0.351 bits per heavy atom. The maximum absolute atomic E-state index is 6.20. The SMILES string of the molecule is CC1(C)c2cc(-c3ccc(N(c4ccccc4)c4ccc(-c5ccccc5)cc4)cc3)ccc2-c2c1cc(-c1ccc3oc4ccccc4c3c1)c1ccccc21. The quantitative estimate of drug-likeness (QED) is 0.169. The summed E-state index contributed by atoms with van der Waals surface area (Å²) >= 11 is 0. The van der Waals surface area contributed by atoms with Gasteiger partial charge in [0.1, 0.15) is 11.2 Å². The number of furan rings is 1. The lowest BCUT2D eigenvalue weighted by atomic mass is 9.80. The molecule has 57 heavy (non-hydrogen) atoms. The number of anilines is 3. The van der Waals surface area contributed by atoms with Crippen LogP contribution in [-0.2, 0) is 5.41 Å². The molecule has 0 aliphatic heterocycles. The van der Waals surface area contributed by atoms with Crippen molar-refractivity contribution in [1.29, 1.82) is 0 Å². The van der Waals surface area contributed by atoms with Crippen LogP contribution in [-0.4, -0.2) is 0 Å². The smallest absolute Gasteiger partial charge is 0.135 e. The van der Waals surface area contributed by atoms with E-state index in [1.165, 1.54) is 66.4 Å². The first-order valence-corrected chi connectivity index (χ1v) is 19.8. The Kier molecular flexibility index (Phi) is 7.55. The van der Waals surface area contributed by atoms with Gasteiger partial charge < -0.3 is 9.32 Å². The molecule has 0 atom stereocenters. The predicted octanol–water partition coefficient (Wildman–Crippen LogP) is 15.5. The number of benzene rings is 9. The van der Waals surface area contributed by atoms with E-state index in [4.69, 9.17) is 4.42 Å². The van der Waals surface area contributed by atoms with E-state index in [-0.39, 0.29) is 5.41 Å². The molecule has 0 fully saturated rings. The van der Waals surface area contributed by atoms with E-state index < -0.39 is 0 Å². The summed E-state index contributed by atoms with van der Waals surface area (Å²) in [5, 5.41) is 4.87. The maximum Gasteiger partial charge on any atom is 0.135 e. The largest absolute Gasteiger partial charge is 0.456 e. The third-order valence-electron chi connectivity index (χ3n) is 12.1. The van der Waals surface area contributed by atoms with Crippen LogP contribution in [0.25, 0.3) is 77.2 Å². The minimum absolute atomic E-state index is 0.193. The zero-order valence-corrected chi connectivity index (χ0v) is 31.9. The second kappa shape index (κ2) is 13.0. The molecule has 0 saturated heterocycles. The molecule has 0 amide bonds. The number of hydrogen-bond acceptors (Lipinski definition) is 2. The highest BCUT2D eigenvalue weighted by atomic mass is 16.3. The van der Waals surface area contributed by atoms with Gasteiger partial charge in [-0.2, -0.15) is 0 Å². The van der Waals surface area contributed by atoms with Crippen molar-refractivity contribution in [2.24, 2.45) is 0 Å². The van der Waals surface area contributed by atoms with E-state index in [0.29, 0.717) is 0 Å². The topological polar surface area (TPSA) is 16.4 Å². The lowest BCUT2D eigenvalue weighted by Gasteiger charge is -2.26.